The maximum Gasteiger partial charge on any atom is 0.242 e. The molecular weight excluding hydrogens is 320 g/mol. The Morgan fingerprint density at radius 1 is 1.00 bits per heavy atom. The zero-order chi connectivity index (χ0) is 15.2. The number of alkyl halides is 1. The first-order chi connectivity index (χ1) is 9.51. The van der Waals surface area contributed by atoms with Gasteiger partial charge >= 0.3 is 0 Å². The fourth-order valence-electron chi connectivity index (χ4n) is 3.06. The Bertz CT molecular complexity index is 341. The number of hydrogen-bond acceptors (Lipinski definition) is 2. The maximum atomic E-state index is 12.2. The van der Waals surface area contributed by atoms with E-state index in [4.69, 9.17) is 0 Å². The van der Waals surface area contributed by atoms with Crippen LogP contribution in [-0.2, 0) is 9.59 Å². The lowest BCUT2D eigenvalue weighted by atomic mass is 9.80. The molecule has 1 aliphatic heterocycles. The molecule has 20 heavy (non-hydrogen) atoms. The van der Waals surface area contributed by atoms with E-state index in [0.717, 1.165) is 31.0 Å². The van der Waals surface area contributed by atoms with E-state index >= 15 is 0 Å². The van der Waals surface area contributed by atoms with E-state index in [1.807, 2.05) is 6.92 Å². The van der Waals surface area contributed by atoms with Gasteiger partial charge in [-0.05, 0) is 25.2 Å². The molecule has 5 heteroatoms. The summed E-state index contributed by atoms with van der Waals surface area (Å²) in [5.41, 5.74) is 0.105. The molecule has 1 rings (SSSR count). The van der Waals surface area contributed by atoms with Crippen LogP contribution in [0.4, 0.5) is 0 Å². The molecule has 1 aliphatic rings. The molecule has 0 N–H and O–H groups in total. The van der Waals surface area contributed by atoms with Gasteiger partial charge in [0.2, 0.25) is 11.8 Å². The molecule has 0 aromatic heterocycles. The molecule has 0 spiro atoms. The highest BCUT2D eigenvalue weighted by molar-refractivity contribution is 9.09. The molecule has 0 radical (unpaired) electrons. The quantitative estimate of drug-likeness (QED) is 0.634. The van der Waals surface area contributed by atoms with Crippen molar-refractivity contribution in [3.63, 3.8) is 0 Å². The summed E-state index contributed by atoms with van der Waals surface area (Å²) < 4.78 is 0. The number of amides is 2. The summed E-state index contributed by atoms with van der Waals surface area (Å²) in [6, 6.07) is 0. The number of carbonyl (C=O) groups is 2. The number of piperazine rings is 1. The molecule has 0 aromatic rings. The Kier molecular flexibility index (Phi) is 7.00. The molecule has 1 saturated heterocycles. The molecule has 0 saturated carbocycles. The topological polar surface area (TPSA) is 40.6 Å². The molecule has 116 valence electrons. The van der Waals surface area contributed by atoms with Gasteiger partial charge in [0.05, 0.1) is 13.1 Å². The van der Waals surface area contributed by atoms with Crippen LogP contribution >= 0.6 is 15.9 Å². The highest BCUT2D eigenvalue weighted by atomic mass is 79.9. The highest BCUT2D eigenvalue weighted by Crippen LogP contribution is 2.33. The monoisotopic (exact) mass is 346 g/mol. The van der Waals surface area contributed by atoms with Crippen LogP contribution in [-0.4, -0.2) is 53.1 Å². The summed E-state index contributed by atoms with van der Waals surface area (Å²) in [4.78, 5) is 27.6. The summed E-state index contributed by atoms with van der Waals surface area (Å²) >= 11 is 3.63. The molecule has 0 bridgehead atoms. The van der Waals surface area contributed by atoms with Gasteiger partial charge < -0.3 is 9.80 Å². The molecule has 0 unspecified atom stereocenters. The van der Waals surface area contributed by atoms with Gasteiger partial charge in [-0.25, -0.2) is 0 Å². The van der Waals surface area contributed by atoms with E-state index in [2.05, 4.69) is 29.8 Å². The average molecular weight is 347 g/mol. The van der Waals surface area contributed by atoms with Crippen molar-refractivity contribution >= 4 is 27.7 Å². The van der Waals surface area contributed by atoms with Gasteiger partial charge in [-0.1, -0.05) is 42.6 Å². The van der Waals surface area contributed by atoms with Crippen LogP contribution in [0.15, 0.2) is 0 Å². The van der Waals surface area contributed by atoms with Crippen LogP contribution in [0, 0.1) is 5.41 Å². The van der Waals surface area contributed by atoms with Crippen molar-refractivity contribution < 1.29 is 9.59 Å². The van der Waals surface area contributed by atoms with E-state index in [0.29, 0.717) is 13.1 Å². The van der Waals surface area contributed by atoms with Crippen molar-refractivity contribution in [3.05, 3.63) is 0 Å². The lowest BCUT2D eigenvalue weighted by Gasteiger charge is -2.40. The Hall–Kier alpha value is -0.580. The van der Waals surface area contributed by atoms with Crippen molar-refractivity contribution in [3.8, 4) is 0 Å². The molecule has 4 nitrogen and oxygen atoms in total. The molecule has 0 atom stereocenters. The van der Waals surface area contributed by atoms with Gasteiger partial charge in [-0.2, -0.15) is 0 Å². The number of rotatable bonds is 8. The normalized spacial score (nSPS) is 17.0. The largest absolute Gasteiger partial charge is 0.332 e. The zero-order valence-corrected chi connectivity index (χ0v) is 14.5. The molecule has 1 heterocycles. The summed E-state index contributed by atoms with van der Waals surface area (Å²) in [7, 11) is 0. The van der Waals surface area contributed by atoms with Crippen LogP contribution in [0.25, 0.3) is 0 Å². The fourth-order valence-corrected chi connectivity index (χ4v) is 3.80. The SMILES string of the molecule is CCCC(CBr)(CCC)CN1CC(=O)N(CC)CC1=O. The maximum absolute atomic E-state index is 12.2. The average Bonchev–Trinajstić information content (AvgIpc) is 2.43. The fraction of sp³-hybridized carbons (Fsp3) is 0.867. The number of likely N-dealkylation sites (N-methyl/N-ethyl adjacent to an activating group) is 1. The number of nitrogens with zero attached hydrogens (tertiary/aromatic N) is 2. The summed E-state index contributed by atoms with van der Waals surface area (Å²) in [5, 5.41) is 0.886. The van der Waals surface area contributed by atoms with Crippen LogP contribution in [0.1, 0.15) is 46.5 Å². The Balaban J connectivity index is 2.77. The van der Waals surface area contributed by atoms with Gasteiger partial charge in [0.25, 0.3) is 0 Å². The third-order valence-corrected chi connectivity index (χ3v) is 5.30. The van der Waals surface area contributed by atoms with Gasteiger partial charge in [0, 0.05) is 18.4 Å². The molecule has 0 aromatic carbocycles. The van der Waals surface area contributed by atoms with E-state index in [9.17, 15) is 9.59 Å². The Morgan fingerprint density at radius 2 is 1.50 bits per heavy atom. The summed E-state index contributed by atoms with van der Waals surface area (Å²) in [5.74, 6) is 0.160. The van der Waals surface area contributed by atoms with E-state index in [-0.39, 0.29) is 30.3 Å². The minimum atomic E-state index is 0.0727. The smallest absolute Gasteiger partial charge is 0.242 e. The van der Waals surface area contributed by atoms with Crippen LogP contribution < -0.4 is 0 Å². The molecule has 1 fully saturated rings. The van der Waals surface area contributed by atoms with Gasteiger partial charge in [0.1, 0.15) is 0 Å². The minimum absolute atomic E-state index is 0.0727. The van der Waals surface area contributed by atoms with Crippen molar-refractivity contribution in [2.45, 2.75) is 46.5 Å². The molecular formula is C15H27BrN2O2. The zero-order valence-electron chi connectivity index (χ0n) is 13.0. The van der Waals surface area contributed by atoms with Crippen molar-refractivity contribution in [1.82, 2.24) is 9.80 Å². The predicted molar refractivity (Wildman–Crippen MR) is 84.9 cm³/mol. The van der Waals surface area contributed by atoms with E-state index in [1.165, 1.54) is 0 Å². The number of carbonyl (C=O) groups excluding carboxylic acids is 2. The molecule has 0 aliphatic carbocycles. The standard InChI is InChI=1S/C15H27BrN2O2/c1-4-7-15(11-16,8-5-2)12-18-10-13(19)17(6-3)9-14(18)20/h4-12H2,1-3H3. The van der Waals surface area contributed by atoms with Crippen molar-refractivity contribution in [2.24, 2.45) is 5.41 Å². The minimum Gasteiger partial charge on any atom is -0.332 e. The van der Waals surface area contributed by atoms with Gasteiger partial charge in [-0.15, -0.1) is 0 Å². The number of hydrogen-bond donors (Lipinski definition) is 0. The second kappa shape index (κ2) is 8.01. The van der Waals surface area contributed by atoms with Gasteiger partial charge in [0.15, 0.2) is 0 Å². The first-order valence-electron chi connectivity index (χ1n) is 7.63. The first-order valence-corrected chi connectivity index (χ1v) is 8.75. The second-order valence-electron chi connectivity index (χ2n) is 5.79. The van der Waals surface area contributed by atoms with Gasteiger partial charge in [-0.3, -0.25) is 9.59 Å². The van der Waals surface area contributed by atoms with E-state index < -0.39 is 0 Å². The van der Waals surface area contributed by atoms with Crippen LogP contribution in [0.5, 0.6) is 0 Å². The Morgan fingerprint density at radius 3 is 1.95 bits per heavy atom. The summed E-state index contributed by atoms with van der Waals surface area (Å²) in [6.07, 6.45) is 4.37. The third kappa shape index (κ3) is 4.21. The summed E-state index contributed by atoms with van der Waals surface area (Å²) in [6.45, 7) is 8.07. The van der Waals surface area contributed by atoms with Crippen molar-refractivity contribution in [2.75, 3.05) is 31.5 Å². The Labute approximate surface area is 131 Å². The lowest BCUT2D eigenvalue weighted by molar-refractivity contribution is -0.151. The first kappa shape index (κ1) is 17.5. The van der Waals surface area contributed by atoms with Crippen LogP contribution in [0.2, 0.25) is 0 Å². The van der Waals surface area contributed by atoms with Crippen LogP contribution in [0.3, 0.4) is 0 Å². The lowest BCUT2D eigenvalue weighted by Crippen LogP contribution is -2.56. The highest BCUT2D eigenvalue weighted by Gasteiger charge is 2.36. The second-order valence-corrected chi connectivity index (χ2v) is 6.35. The molecule has 2 amide bonds. The number of halogens is 1. The van der Waals surface area contributed by atoms with Crippen molar-refractivity contribution in [1.29, 1.82) is 0 Å². The van der Waals surface area contributed by atoms with E-state index in [1.54, 1.807) is 9.80 Å². The predicted octanol–water partition coefficient (Wildman–Crippen LogP) is 2.66. The third-order valence-electron chi connectivity index (χ3n) is 4.11.